The Morgan fingerprint density at radius 3 is 2.52 bits per heavy atom. The Labute approximate surface area is 184 Å². The third kappa shape index (κ3) is 5.32. The van der Waals surface area contributed by atoms with Crippen LogP contribution in [0.15, 0.2) is 48.5 Å². The number of morpholine rings is 1. The van der Waals surface area contributed by atoms with Crippen molar-refractivity contribution in [2.75, 3.05) is 24.5 Å². The van der Waals surface area contributed by atoms with E-state index in [0.29, 0.717) is 18.5 Å². The maximum Gasteiger partial charge on any atom is 0.251 e. The van der Waals surface area contributed by atoms with E-state index in [2.05, 4.69) is 36.2 Å². The zero-order valence-electron chi connectivity index (χ0n) is 18.3. The molecule has 2 aliphatic rings. The van der Waals surface area contributed by atoms with Crippen LogP contribution in [-0.2, 0) is 22.6 Å². The van der Waals surface area contributed by atoms with Gasteiger partial charge in [0.2, 0.25) is 5.91 Å². The first-order chi connectivity index (χ1) is 15.0. The molecule has 2 unspecified atom stereocenters. The predicted molar refractivity (Wildman–Crippen MR) is 121 cm³/mol. The molecule has 6 nitrogen and oxygen atoms in total. The molecule has 0 bridgehead atoms. The third-order valence-electron chi connectivity index (χ3n) is 5.94. The SMILES string of the molecule is CC1CN(Cc2ccccc2CNC(=O)c2cccc(N3CCCC3=O)c2)CC(C)O1. The number of carbonyl (C=O) groups excluding carboxylic acids is 2. The van der Waals surface area contributed by atoms with Crippen LogP contribution in [0.5, 0.6) is 0 Å². The van der Waals surface area contributed by atoms with Crippen LogP contribution in [0, 0.1) is 0 Å². The van der Waals surface area contributed by atoms with Gasteiger partial charge in [-0.05, 0) is 49.6 Å². The van der Waals surface area contributed by atoms with E-state index in [1.807, 2.05) is 24.3 Å². The maximum atomic E-state index is 12.8. The molecular weight excluding hydrogens is 390 g/mol. The summed E-state index contributed by atoms with van der Waals surface area (Å²) >= 11 is 0. The standard InChI is InChI=1S/C25H31N3O3/c1-18-15-27(16-19(2)31-18)17-22-8-4-3-7-21(22)14-26-25(30)20-9-5-10-23(13-20)28-12-6-11-24(28)29/h3-5,7-10,13,18-19H,6,11-12,14-17H2,1-2H3,(H,26,30). The third-order valence-corrected chi connectivity index (χ3v) is 5.94. The first-order valence-corrected chi connectivity index (χ1v) is 11.1. The second-order valence-electron chi connectivity index (χ2n) is 8.60. The lowest BCUT2D eigenvalue weighted by atomic mass is 10.1. The van der Waals surface area contributed by atoms with Crippen LogP contribution in [0.25, 0.3) is 0 Å². The number of rotatable bonds is 6. The minimum atomic E-state index is -0.128. The molecule has 2 saturated heterocycles. The normalized spacial score (nSPS) is 22.0. The van der Waals surface area contributed by atoms with E-state index in [0.717, 1.165) is 43.9 Å². The number of amides is 2. The largest absolute Gasteiger partial charge is 0.373 e. The summed E-state index contributed by atoms with van der Waals surface area (Å²) in [7, 11) is 0. The van der Waals surface area contributed by atoms with Gasteiger partial charge in [-0.25, -0.2) is 0 Å². The summed E-state index contributed by atoms with van der Waals surface area (Å²) in [5.74, 6) is -0.00449. The van der Waals surface area contributed by atoms with E-state index in [-0.39, 0.29) is 24.0 Å². The van der Waals surface area contributed by atoms with Gasteiger partial charge < -0.3 is 15.0 Å². The Balaban J connectivity index is 1.40. The van der Waals surface area contributed by atoms with E-state index in [4.69, 9.17) is 4.74 Å². The zero-order valence-corrected chi connectivity index (χ0v) is 18.3. The fourth-order valence-electron chi connectivity index (χ4n) is 4.55. The van der Waals surface area contributed by atoms with Gasteiger partial charge in [-0.3, -0.25) is 14.5 Å². The fourth-order valence-corrected chi connectivity index (χ4v) is 4.55. The summed E-state index contributed by atoms with van der Waals surface area (Å²) in [4.78, 5) is 29.0. The zero-order chi connectivity index (χ0) is 21.8. The van der Waals surface area contributed by atoms with Crippen LogP contribution < -0.4 is 10.2 Å². The van der Waals surface area contributed by atoms with Gasteiger partial charge in [-0.1, -0.05) is 30.3 Å². The predicted octanol–water partition coefficient (Wildman–Crippen LogP) is 3.35. The molecule has 2 aromatic rings. The molecule has 0 radical (unpaired) electrons. The number of anilines is 1. The first-order valence-electron chi connectivity index (χ1n) is 11.1. The first kappa shape index (κ1) is 21.5. The number of hydrogen-bond donors (Lipinski definition) is 1. The van der Waals surface area contributed by atoms with Gasteiger partial charge in [0.25, 0.3) is 5.91 Å². The summed E-state index contributed by atoms with van der Waals surface area (Å²) in [5.41, 5.74) is 3.71. The Morgan fingerprint density at radius 1 is 1.06 bits per heavy atom. The lowest BCUT2D eigenvalue weighted by Gasteiger charge is -2.35. The van der Waals surface area contributed by atoms with Crippen molar-refractivity contribution >= 4 is 17.5 Å². The van der Waals surface area contributed by atoms with Gasteiger partial charge in [-0.2, -0.15) is 0 Å². The van der Waals surface area contributed by atoms with E-state index in [1.165, 1.54) is 5.56 Å². The van der Waals surface area contributed by atoms with Crippen LogP contribution in [0.2, 0.25) is 0 Å². The van der Waals surface area contributed by atoms with Crippen molar-refractivity contribution in [2.24, 2.45) is 0 Å². The van der Waals surface area contributed by atoms with Crippen molar-refractivity contribution < 1.29 is 14.3 Å². The highest BCUT2D eigenvalue weighted by Crippen LogP contribution is 2.22. The summed E-state index contributed by atoms with van der Waals surface area (Å²) in [6.45, 7) is 8.07. The summed E-state index contributed by atoms with van der Waals surface area (Å²) in [6.07, 6.45) is 1.90. The highest BCUT2D eigenvalue weighted by molar-refractivity contribution is 5.99. The summed E-state index contributed by atoms with van der Waals surface area (Å²) in [6, 6.07) is 15.6. The molecule has 0 aromatic heterocycles. The lowest BCUT2D eigenvalue weighted by Crippen LogP contribution is -2.45. The number of nitrogens with zero attached hydrogens (tertiary/aromatic N) is 2. The van der Waals surface area contributed by atoms with Crippen LogP contribution in [0.3, 0.4) is 0 Å². The maximum absolute atomic E-state index is 12.8. The molecule has 4 rings (SSSR count). The average molecular weight is 422 g/mol. The second kappa shape index (κ2) is 9.62. The minimum Gasteiger partial charge on any atom is -0.373 e. The van der Waals surface area contributed by atoms with Crippen molar-refractivity contribution in [3.8, 4) is 0 Å². The molecule has 2 fully saturated rings. The van der Waals surface area contributed by atoms with Crippen molar-refractivity contribution in [2.45, 2.75) is 52.0 Å². The van der Waals surface area contributed by atoms with Crippen LogP contribution in [0.1, 0.15) is 48.2 Å². The number of benzene rings is 2. The Bertz CT molecular complexity index is 935. The molecule has 0 saturated carbocycles. The van der Waals surface area contributed by atoms with Crippen molar-refractivity contribution in [3.63, 3.8) is 0 Å². The van der Waals surface area contributed by atoms with Gasteiger partial charge in [0.1, 0.15) is 0 Å². The van der Waals surface area contributed by atoms with E-state index in [1.54, 1.807) is 17.0 Å². The Kier molecular flexibility index (Phi) is 6.68. The van der Waals surface area contributed by atoms with Gasteiger partial charge in [-0.15, -0.1) is 0 Å². The molecule has 2 atom stereocenters. The van der Waals surface area contributed by atoms with E-state index in [9.17, 15) is 9.59 Å². The molecule has 2 heterocycles. The average Bonchev–Trinajstić information content (AvgIpc) is 3.18. The number of ether oxygens (including phenoxy) is 1. The van der Waals surface area contributed by atoms with Crippen LogP contribution in [0.4, 0.5) is 5.69 Å². The van der Waals surface area contributed by atoms with Crippen molar-refractivity contribution in [1.82, 2.24) is 10.2 Å². The molecule has 31 heavy (non-hydrogen) atoms. The van der Waals surface area contributed by atoms with Gasteiger partial charge in [0.05, 0.1) is 12.2 Å². The monoisotopic (exact) mass is 421 g/mol. The quantitative estimate of drug-likeness (QED) is 0.777. The Hall–Kier alpha value is -2.70. The molecule has 0 spiro atoms. The number of hydrogen-bond acceptors (Lipinski definition) is 4. The van der Waals surface area contributed by atoms with Crippen LogP contribution in [-0.4, -0.2) is 48.6 Å². The fraction of sp³-hybridized carbons (Fsp3) is 0.440. The molecule has 2 aromatic carbocycles. The van der Waals surface area contributed by atoms with Crippen molar-refractivity contribution in [3.05, 3.63) is 65.2 Å². The molecule has 1 N–H and O–H groups in total. The van der Waals surface area contributed by atoms with E-state index < -0.39 is 0 Å². The van der Waals surface area contributed by atoms with Crippen molar-refractivity contribution in [1.29, 1.82) is 0 Å². The van der Waals surface area contributed by atoms with Gasteiger partial charge in [0, 0.05) is 50.4 Å². The topological polar surface area (TPSA) is 61.9 Å². The summed E-state index contributed by atoms with van der Waals surface area (Å²) in [5, 5.41) is 3.05. The number of nitrogens with one attached hydrogen (secondary N) is 1. The molecule has 0 aliphatic carbocycles. The molecular formula is C25H31N3O3. The van der Waals surface area contributed by atoms with Gasteiger partial charge >= 0.3 is 0 Å². The lowest BCUT2D eigenvalue weighted by molar-refractivity contribution is -0.117. The summed E-state index contributed by atoms with van der Waals surface area (Å²) < 4.78 is 5.84. The molecule has 6 heteroatoms. The Morgan fingerprint density at radius 2 is 1.81 bits per heavy atom. The molecule has 2 amide bonds. The smallest absolute Gasteiger partial charge is 0.251 e. The molecule has 164 valence electrons. The second-order valence-corrected chi connectivity index (χ2v) is 8.60. The van der Waals surface area contributed by atoms with Crippen LogP contribution >= 0.6 is 0 Å². The highest BCUT2D eigenvalue weighted by atomic mass is 16.5. The van der Waals surface area contributed by atoms with Gasteiger partial charge in [0.15, 0.2) is 0 Å². The minimum absolute atomic E-state index is 0.123. The molecule has 2 aliphatic heterocycles. The van der Waals surface area contributed by atoms with E-state index >= 15 is 0 Å². The number of carbonyl (C=O) groups is 2. The highest BCUT2D eigenvalue weighted by Gasteiger charge is 2.23.